The molecule has 0 fully saturated rings. The Bertz CT molecular complexity index is 1050. The number of hydrogen-bond acceptors (Lipinski definition) is 4. The van der Waals surface area contributed by atoms with Gasteiger partial charge < -0.3 is 10.5 Å². The molecular formula is C23H21N3O. The van der Waals surface area contributed by atoms with Gasteiger partial charge in [0, 0.05) is 11.8 Å². The predicted octanol–water partition coefficient (Wildman–Crippen LogP) is 4.89. The van der Waals surface area contributed by atoms with Crippen LogP contribution in [0.3, 0.4) is 0 Å². The van der Waals surface area contributed by atoms with Crippen LogP contribution in [0.2, 0.25) is 0 Å². The molecule has 4 aromatic rings. The lowest BCUT2D eigenvalue weighted by Gasteiger charge is -2.16. The van der Waals surface area contributed by atoms with Crippen LogP contribution in [-0.2, 0) is 6.42 Å². The zero-order chi connectivity index (χ0) is 18.6. The second-order valence-corrected chi connectivity index (χ2v) is 6.57. The molecule has 0 radical (unpaired) electrons. The minimum absolute atomic E-state index is 0.0368. The Kier molecular flexibility index (Phi) is 4.71. The summed E-state index contributed by atoms with van der Waals surface area (Å²) < 4.78 is 6.10. The summed E-state index contributed by atoms with van der Waals surface area (Å²) in [7, 11) is 0. The number of anilines is 1. The number of nitrogens with two attached hydrogens (primary N) is 1. The van der Waals surface area contributed by atoms with Crippen LogP contribution in [0.5, 0.6) is 5.75 Å². The van der Waals surface area contributed by atoms with Gasteiger partial charge >= 0.3 is 0 Å². The number of nitrogen functional groups attached to an aromatic ring is 1. The predicted molar refractivity (Wildman–Crippen MR) is 110 cm³/mol. The first kappa shape index (κ1) is 17.0. The highest BCUT2D eigenvalue weighted by atomic mass is 16.5. The molecule has 4 nitrogen and oxygen atoms in total. The molecule has 134 valence electrons. The van der Waals surface area contributed by atoms with Crippen LogP contribution >= 0.6 is 0 Å². The Labute approximate surface area is 158 Å². The molecule has 1 aromatic heterocycles. The van der Waals surface area contributed by atoms with Crippen molar-refractivity contribution >= 4 is 16.9 Å². The lowest BCUT2D eigenvalue weighted by molar-refractivity contribution is 0.221. The molecule has 4 rings (SSSR count). The molecule has 0 aliphatic carbocycles. The molecule has 0 amide bonds. The first-order valence-corrected chi connectivity index (χ1v) is 9.02. The Morgan fingerprint density at radius 3 is 2.26 bits per heavy atom. The maximum atomic E-state index is 6.10. The first-order chi connectivity index (χ1) is 13.2. The molecule has 1 unspecified atom stereocenters. The molecule has 1 atom stereocenters. The van der Waals surface area contributed by atoms with Gasteiger partial charge in [-0.25, -0.2) is 9.97 Å². The maximum Gasteiger partial charge on any atom is 0.220 e. The second kappa shape index (κ2) is 7.46. The lowest BCUT2D eigenvalue weighted by atomic mass is 10.1. The van der Waals surface area contributed by atoms with Gasteiger partial charge in [-0.1, -0.05) is 60.7 Å². The highest BCUT2D eigenvalue weighted by molar-refractivity contribution is 5.81. The molecule has 0 aliphatic rings. The molecule has 0 aliphatic heterocycles. The van der Waals surface area contributed by atoms with Crippen molar-refractivity contribution in [2.24, 2.45) is 0 Å². The summed E-state index contributed by atoms with van der Waals surface area (Å²) in [5.74, 6) is 1.14. The van der Waals surface area contributed by atoms with Gasteiger partial charge in [0.1, 0.15) is 11.9 Å². The lowest BCUT2D eigenvalue weighted by Crippen LogP contribution is -2.17. The van der Waals surface area contributed by atoms with Gasteiger partial charge in [-0.3, -0.25) is 0 Å². The zero-order valence-corrected chi connectivity index (χ0v) is 15.2. The quantitative estimate of drug-likeness (QED) is 0.554. The highest BCUT2D eigenvalue weighted by Crippen LogP contribution is 2.24. The fourth-order valence-electron chi connectivity index (χ4n) is 3.22. The van der Waals surface area contributed by atoms with Crippen molar-refractivity contribution < 1.29 is 4.74 Å². The third-order valence-corrected chi connectivity index (χ3v) is 4.48. The topological polar surface area (TPSA) is 61.0 Å². The van der Waals surface area contributed by atoms with E-state index in [2.05, 4.69) is 34.2 Å². The number of rotatable bonds is 5. The van der Waals surface area contributed by atoms with Crippen molar-refractivity contribution in [2.75, 3.05) is 5.73 Å². The number of ether oxygens (including phenoxy) is 1. The third kappa shape index (κ3) is 3.90. The van der Waals surface area contributed by atoms with E-state index in [4.69, 9.17) is 10.5 Å². The van der Waals surface area contributed by atoms with Crippen LogP contribution in [-0.4, -0.2) is 16.1 Å². The second-order valence-electron chi connectivity index (χ2n) is 6.57. The molecule has 2 N–H and O–H groups in total. The van der Waals surface area contributed by atoms with E-state index in [0.29, 0.717) is 12.4 Å². The minimum Gasteiger partial charge on any atom is -0.490 e. The van der Waals surface area contributed by atoms with E-state index in [1.165, 1.54) is 11.1 Å². The number of aromatic nitrogens is 2. The molecule has 3 aromatic carbocycles. The Morgan fingerprint density at radius 1 is 0.815 bits per heavy atom. The molecule has 4 heteroatoms. The minimum atomic E-state index is -0.0368. The van der Waals surface area contributed by atoms with Crippen LogP contribution in [0, 0.1) is 0 Å². The first-order valence-electron chi connectivity index (χ1n) is 9.02. The summed E-state index contributed by atoms with van der Waals surface area (Å²) in [4.78, 5) is 8.72. The molecule has 27 heavy (non-hydrogen) atoms. The van der Waals surface area contributed by atoms with Crippen LogP contribution < -0.4 is 10.5 Å². The number of para-hydroxylation sites is 1. The van der Waals surface area contributed by atoms with Gasteiger partial charge in [-0.05, 0) is 36.2 Å². The zero-order valence-electron chi connectivity index (χ0n) is 15.2. The summed E-state index contributed by atoms with van der Waals surface area (Å²) in [6, 6.07) is 26.4. The number of nitrogens with zero attached hydrogens (tertiary/aromatic N) is 2. The summed E-state index contributed by atoms with van der Waals surface area (Å²) in [6.45, 7) is 2.04. The Morgan fingerprint density at radius 2 is 1.48 bits per heavy atom. The van der Waals surface area contributed by atoms with Gasteiger partial charge in [-0.15, -0.1) is 0 Å². The van der Waals surface area contributed by atoms with E-state index in [9.17, 15) is 0 Å². The molecule has 0 saturated carbocycles. The highest BCUT2D eigenvalue weighted by Gasteiger charge is 2.12. The Balaban J connectivity index is 1.49. The Hall–Kier alpha value is -3.40. The maximum absolute atomic E-state index is 6.10. The summed E-state index contributed by atoms with van der Waals surface area (Å²) in [5.41, 5.74) is 10.00. The average molecular weight is 355 g/mol. The van der Waals surface area contributed by atoms with E-state index < -0.39 is 0 Å². The van der Waals surface area contributed by atoms with E-state index in [0.717, 1.165) is 22.3 Å². The fraction of sp³-hybridized carbons (Fsp3) is 0.130. The smallest absolute Gasteiger partial charge is 0.220 e. The van der Waals surface area contributed by atoms with Gasteiger partial charge in [0.2, 0.25) is 5.95 Å². The molecule has 0 spiro atoms. The summed E-state index contributed by atoms with van der Waals surface area (Å²) >= 11 is 0. The molecule has 0 bridgehead atoms. The molecular weight excluding hydrogens is 334 g/mol. The van der Waals surface area contributed by atoms with Crippen molar-refractivity contribution in [1.29, 1.82) is 0 Å². The van der Waals surface area contributed by atoms with E-state index >= 15 is 0 Å². The molecule has 1 heterocycles. The normalized spacial score (nSPS) is 12.0. The van der Waals surface area contributed by atoms with Crippen molar-refractivity contribution in [3.63, 3.8) is 0 Å². The number of hydrogen-bond donors (Lipinski definition) is 1. The molecule has 0 saturated heterocycles. The monoisotopic (exact) mass is 355 g/mol. The van der Waals surface area contributed by atoms with Crippen LogP contribution in [0.25, 0.3) is 22.0 Å². The van der Waals surface area contributed by atoms with E-state index in [-0.39, 0.29) is 6.10 Å². The van der Waals surface area contributed by atoms with Crippen LogP contribution in [0.1, 0.15) is 12.6 Å². The van der Waals surface area contributed by atoms with E-state index in [1.807, 2.05) is 61.5 Å². The average Bonchev–Trinajstić information content (AvgIpc) is 2.69. The van der Waals surface area contributed by atoms with Crippen molar-refractivity contribution in [2.45, 2.75) is 19.4 Å². The van der Waals surface area contributed by atoms with Crippen LogP contribution in [0.15, 0.2) is 78.9 Å². The van der Waals surface area contributed by atoms with Gasteiger partial charge in [0.25, 0.3) is 0 Å². The van der Waals surface area contributed by atoms with E-state index in [1.54, 1.807) is 0 Å². The van der Waals surface area contributed by atoms with Crippen molar-refractivity contribution in [3.8, 4) is 16.9 Å². The van der Waals surface area contributed by atoms with Crippen LogP contribution in [0.4, 0.5) is 5.95 Å². The number of fused-ring (bicyclic) bond motifs is 1. The SMILES string of the molecule is CC(Cc1nc(N)nc2ccccc12)Oc1ccc(-c2ccccc2)cc1. The largest absolute Gasteiger partial charge is 0.490 e. The standard InChI is InChI=1S/C23H21N3O/c1-16(15-22-20-9-5-6-10-21(20)25-23(24)26-22)27-19-13-11-18(12-14-19)17-7-3-2-4-8-17/h2-14,16H,15H2,1H3,(H2,24,25,26). The number of benzene rings is 3. The van der Waals surface area contributed by atoms with Gasteiger partial charge in [-0.2, -0.15) is 0 Å². The van der Waals surface area contributed by atoms with Gasteiger partial charge in [0.15, 0.2) is 0 Å². The van der Waals surface area contributed by atoms with Crippen molar-refractivity contribution in [1.82, 2.24) is 9.97 Å². The summed E-state index contributed by atoms with van der Waals surface area (Å²) in [5, 5.41) is 1.02. The van der Waals surface area contributed by atoms with Crippen molar-refractivity contribution in [3.05, 3.63) is 84.6 Å². The fourth-order valence-corrected chi connectivity index (χ4v) is 3.22. The van der Waals surface area contributed by atoms with Gasteiger partial charge in [0.05, 0.1) is 11.2 Å². The summed E-state index contributed by atoms with van der Waals surface area (Å²) in [6.07, 6.45) is 0.624. The third-order valence-electron chi connectivity index (χ3n) is 4.48.